The standard InChI is InChI=1S/C24H29FN4O3/c1-16(2)18-7-11-20(12-8-18)32-24-28-22(26-3)21(23(31)27-13-4-14-30)29(24)15-17-5-9-19(25)10-6-17/h5-12,16,26,30H,4,13-15H2,1-3H3,(H,27,31). The molecule has 7 nitrogen and oxygen atoms in total. The normalized spacial score (nSPS) is 10.9. The second-order valence-corrected chi connectivity index (χ2v) is 7.71. The van der Waals surface area contributed by atoms with Crippen LogP contribution in [0.4, 0.5) is 10.2 Å². The molecule has 0 saturated heterocycles. The SMILES string of the molecule is CNc1nc(Oc2ccc(C(C)C)cc2)n(Cc2ccc(F)cc2)c1C(=O)NCCCO. The van der Waals surface area contributed by atoms with Crippen molar-refractivity contribution >= 4 is 11.7 Å². The molecule has 0 radical (unpaired) electrons. The molecule has 3 rings (SSSR count). The van der Waals surface area contributed by atoms with Gasteiger partial charge in [0.25, 0.3) is 5.91 Å². The molecule has 0 spiro atoms. The lowest BCUT2D eigenvalue weighted by atomic mass is 10.0. The molecule has 0 aliphatic rings. The molecule has 8 heteroatoms. The summed E-state index contributed by atoms with van der Waals surface area (Å²) in [6, 6.07) is 14.0. The number of carbonyl (C=O) groups is 1. The maximum absolute atomic E-state index is 13.4. The lowest BCUT2D eigenvalue weighted by Gasteiger charge is -2.13. The fraction of sp³-hybridized carbons (Fsp3) is 0.333. The van der Waals surface area contributed by atoms with Crippen molar-refractivity contribution < 1.29 is 19.0 Å². The van der Waals surface area contributed by atoms with Crippen LogP contribution in [0.2, 0.25) is 0 Å². The third-order valence-electron chi connectivity index (χ3n) is 5.01. The van der Waals surface area contributed by atoms with E-state index >= 15 is 0 Å². The van der Waals surface area contributed by atoms with Crippen molar-refractivity contribution in [2.45, 2.75) is 32.7 Å². The highest BCUT2D eigenvalue weighted by Crippen LogP contribution is 2.29. The zero-order valence-corrected chi connectivity index (χ0v) is 18.6. The molecule has 1 aromatic heterocycles. The monoisotopic (exact) mass is 440 g/mol. The number of ether oxygens (including phenoxy) is 1. The van der Waals surface area contributed by atoms with Crippen LogP contribution in [0.15, 0.2) is 48.5 Å². The largest absolute Gasteiger partial charge is 0.425 e. The molecule has 3 N–H and O–H groups in total. The molecule has 0 saturated carbocycles. The summed E-state index contributed by atoms with van der Waals surface area (Å²) in [7, 11) is 1.68. The summed E-state index contributed by atoms with van der Waals surface area (Å²) >= 11 is 0. The Kier molecular flexibility index (Phi) is 7.83. The molecule has 1 amide bonds. The third-order valence-corrected chi connectivity index (χ3v) is 5.01. The fourth-order valence-corrected chi connectivity index (χ4v) is 3.22. The molecule has 0 aliphatic carbocycles. The Morgan fingerprint density at radius 3 is 2.44 bits per heavy atom. The lowest BCUT2D eigenvalue weighted by molar-refractivity contribution is 0.0942. The number of amides is 1. The first-order chi connectivity index (χ1) is 15.4. The molecular formula is C24H29FN4O3. The van der Waals surface area contributed by atoms with Crippen molar-refractivity contribution in [2.24, 2.45) is 0 Å². The van der Waals surface area contributed by atoms with Crippen LogP contribution >= 0.6 is 0 Å². The molecule has 2 aromatic carbocycles. The van der Waals surface area contributed by atoms with E-state index in [1.165, 1.54) is 17.7 Å². The minimum absolute atomic E-state index is 0.0191. The topological polar surface area (TPSA) is 88.4 Å². The van der Waals surface area contributed by atoms with Crippen LogP contribution in [-0.4, -0.2) is 40.8 Å². The average molecular weight is 441 g/mol. The van der Waals surface area contributed by atoms with E-state index < -0.39 is 0 Å². The molecule has 32 heavy (non-hydrogen) atoms. The average Bonchev–Trinajstić information content (AvgIpc) is 3.12. The van der Waals surface area contributed by atoms with Gasteiger partial charge in [-0.3, -0.25) is 9.36 Å². The van der Waals surface area contributed by atoms with Gasteiger partial charge in [0.2, 0.25) is 0 Å². The van der Waals surface area contributed by atoms with Crippen LogP contribution in [0.3, 0.4) is 0 Å². The molecule has 3 aromatic rings. The molecule has 0 aliphatic heterocycles. The first kappa shape index (κ1) is 23.3. The Bertz CT molecular complexity index is 1030. The maximum Gasteiger partial charge on any atom is 0.304 e. The van der Waals surface area contributed by atoms with Crippen LogP contribution in [-0.2, 0) is 6.54 Å². The number of imidazole rings is 1. The van der Waals surface area contributed by atoms with Crippen molar-refractivity contribution in [2.75, 3.05) is 25.5 Å². The quantitative estimate of drug-likeness (QED) is 0.413. The first-order valence-corrected chi connectivity index (χ1v) is 10.6. The van der Waals surface area contributed by atoms with Crippen molar-refractivity contribution in [3.8, 4) is 11.8 Å². The summed E-state index contributed by atoms with van der Waals surface area (Å²) in [6.45, 7) is 4.80. The van der Waals surface area contributed by atoms with Gasteiger partial charge in [0.15, 0.2) is 11.5 Å². The van der Waals surface area contributed by atoms with Crippen LogP contribution in [0.25, 0.3) is 0 Å². The number of anilines is 1. The highest BCUT2D eigenvalue weighted by molar-refractivity contribution is 5.97. The van der Waals surface area contributed by atoms with Crippen LogP contribution in [0.5, 0.6) is 11.8 Å². The molecule has 0 bridgehead atoms. The van der Waals surface area contributed by atoms with E-state index in [1.54, 1.807) is 23.7 Å². The molecule has 0 atom stereocenters. The van der Waals surface area contributed by atoms with E-state index in [-0.39, 0.29) is 30.9 Å². The van der Waals surface area contributed by atoms with Gasteiger partial charge in [0, 0.05) is 20.2 Å². The summed E-state index contributed by atoms with van der Waals surface area (Å²) in [5.74, 6) is 0.674. The number of nitrogens with one attached hydrogen (secondary N) is 2. The summed E-state index contributed by atoms with van der Waals surface area (Å²) < 4.78 is 21.1. The first-order valence-electron chi connectivity index (χ1n) is 10.6. The van der Waals surface area contributed by atoms with Crippen molar-refractivity contribution in [1.82, 2.24) is 14.9 Å². The van der Waals surface area contributed by atoms with Gasteiger partial charge >= 0.3 is 6.01 Å². The number of rotatable bonds is 10. The number of nitrogens with zero attached hydrogens (tertiary/aromatic N) is 2. The second-order valence-electron chi connectivity index (χ2n) is 7.71. The Hall–Kier alpha value is -3.39. The van der Waals surface area contributed by atoms with E-state index in [1.807, 2.05) is 24.3 Å². The van der Waals surface area contributed by atoms with Gasteiger partial charge < -0.3 is 20.5 Å². The number of aliphatic hydroxyl groups excluding tert-OH is 1. The number of hydrogen-bond donors (Lipinski definition) is 3. The van der Waals surface area contributed by atoms with Crippen LogP contribution < -0.4 is 15.4 Å². The number of aromatic nitrogens is 2. The van der Waals surface area contributed by atoms with E-state index in [2.05, 4.69) is 29.5 Å². The van der Waals surface area contributed by atoms with E-state index in [0.29, 0.717) is 36.1 Å². The zero-order chi connectivity index (χ0) is 23.1. The van der Waals surface area contributed by atoms with Gasteiger partial charge in [-0.25, -0.2) is 4.39 Å². The Morgan fingerprint density at radius 1 is 1.16 bits per heavy atom. The van der Waals surface area contributed by atoms with Gasteiger partial charge in [0.1, 0.15) is 11.6 Å². The minimum Gasteiger partial charge on any atom is -0.425 e. The fourth-order valence-electron chi connectivity index (χ4n) is 3.22. The van der Waals surface area contributed by atoms with Gasteiger partial charge in [0.05, 0.1) is 6.54 Å². The predicted octanol–water partition coefficient (Wildman–Crippen LogP) is 4.14. The number of aliphatic hydroxyl groups is 1. The van der Waals surface area contributed by atoms with E-state index in [4.69, 9.17) is 9.84 Å². The van der Waals surface area contributed by atoms with Gasteiger partial charge in [-0.05, 0) is 47.7 Å². The predicted molar refractivity (Wildman–Crippen MR) is 122 cm³/mol. The smallest absolute Gasteiger partial charge is 0.304 e. The van der Waals surface area contributed by atoms with Gasteiger partial charge in [-0.15, -0.1) is 0 Å². The maximum atomic E-state index is 13.4. The molecule has 0 unspecified atom stereocenters. The molecule has 0 fully saturated rings. The minimum atomic E-state index is -0.345. The summed E-state index contributed by atoms with van der Waals surface area (Å²) in [5.41, 5.74) is 2.27. The number of carbonyl (C=O) groups excluding carboxylic acids is 1. The number of benzene rings is 2. The Morgan fingerprint density at radius 2 is 1.84 bits per heavy atom. The highest BCUT2D eigenvalue weighted by Gasteiger charge is 2.24. The van der Waals surface area contributed by atoms with E-state index in [0.717, 1.165) is 5.56 Å². The molecular weight excluding hydrogens is 411 g/mol. The van der Waals surface area contributed by atoms with Crippen molar-refractivity contribution in [3.63, 3.8) is 0 Å². The van der Waals surface area contributed by atoms with Crippen LogP contribution in [0.1, 0.15) is 47.8 Å². The number of hydrogen-bond acceptors (Lipinski definition) is 5. The third kappa shape index (κ3) is 5.64. The summed E-state index contributed by atoms with van der Waals surface area (Å²) in [5, 5.41) is 14.8. The molecule has 1 heterocycles. The molecule has 170 valence electrons. The Labute approximate surface area is 187 Å². The second kappa shape index (κ2) is 10.8. The number of halogens is 1. The van der Waals surface area contributed by atoms with Crippen molar-refractivity contribution in [3.05, 3.63) is 71.2 Å². The lowest BCUT2D eigenvalue weighted by Crippen LogP contribution is -2.28. The summed E-state index contributed by atoms with van der Waals surface area (Å²) in [4.78, 5) is 17.4. The van der Waals surface area contributed by atoms with Crippen LogP contribution in [0, 0.1) is 5.82 Å². The van der Waals surface area contributed by atoms with Gasteiger partial charge in [-0.2, -0.15) is 4.98 Å². The Balaban J connectivity index is 1.98. The summed E-state index contributed by atoms with van der Waals surface area (Å²) in [6.07, 6.45) is 0.443. The van der Waals surface area contributed by atoms with E-state index in [9.17, 15) is 9.18 Å². The van der Waals surface area contributed by atoms with Crippen molar-refractivity contribution in [1.29, 1.82) is 0 Å². The highest BCUT2D eigenvalue weighted by atomic mass is 19.1. The van der Waals surface area contributed by atoms with Gasteiger partial charge in [-0.1, -0.05) is 38.1 Å². The zero-order valence-electron chi connectivity index (χ0n) is 18.6.